The smallest absolute Gasteiger partial charge is 0.0354 e. The highest BCUT2D eigenvalue weighted by Crippen LogP contribution is 2.46. The molecule has 0 bridgehead atoms. The van der Waals surface area contributed by atoms with Gasteiger partial charge in [0.2, 0.25) is 0 Å². The minimum Gasteiger partial charge on any atom is -0.0894 e. The Morgan fingerprint density at radius 1 is 0.500 bits per heavy atom. The minimum absolute atomic E-state index is 1.09. The van der Waals surface area contributed by atoms with Gasteiger partial charge in [-0.25, -0.2) is 0 Å². The van der Waals surface area contributed by atoms with Crippen LogP contribution < -0.4 is 0 Å². The van der Waals surface area contributed by atoms with E-state index < -0.39 is 0 Å². The van der Waals surface area contributed by atoms with Gasteiger partial charge in [0.05, 0.1) is 0 Å². The third kappa shape index (κ3) is 4.73. The van der Waals surface area contributed by atoms with Crippen LogP contribution in [-0.4, -0.2) is 0 Å². The molecule has 0 radical (unpaired) electrons. The van der Waals surface area contributed by atoms with Crippen molar-refractivity contribution < 1.29 is 0 Å². The molecule has 0 fully saturated rings. The molecular formula is C22H12Br4S2. The first-order chi connectivity index (χ1) is 13.5. The second-order valence-electron chi connectivity index (χ2n) is 5.96. The maximum atomic E-state index is 3.78. The first-order valence-corrected chi connectivity index (χ1v) is 13.1. The van der Waals surface area contributed by atoms with Gasteiger partial charge in [0.1, 0.15) is 0 Å². The van der Waals surface area contributed by atoms with Crippen molar-refractivity contribution >= 4 is 98.0 Å². The quantitative estimate of drug-likeness (QED) is 0.214. The van der Waals surface area contributed by atoms with Gasteiger partial charge in [-0.2, -0.15) is 0 Å². The lowest BCUT2D eigenvalue weighted by Gasteiger charge is -2.14. The largest absolute Gasteiger partial charge is 0.0894 e. The van der Waals surface area contributed by atoms with E-state index in [1.165, 1.54) is 30.4 Å². The maximum absolute atomic E-state index is 3.78. The van der Waals surface area contributed by atoms with Gasteiger partial charge < -0.3 is 0 Å². The molecule has 28 heavy (non-hydrogen) atoms. The van der Waals surface area contributed by atoms with Crippen LogP contribution in [0.4, 0.5) is 0 Å². The van der Waals surface area contributed by atoms with Crippen molar-refractivity contribution in [2.24, 2.45) is 0 Å². The van der Waals surface area contributed by atoms with Gasteiger partial charge in [-0.3, -0.25) is 0 Å². The van der Waals surface area contributed by atoms with E-state index in [2.05, 4.69) is 137 Å². The minimum atomic E-state index is 1.09. The van der Waals surface area contributed by atoms with Crippen LogP contribution in [0.15, 0.2) is 110 Å². The molecule has 0 N–H and O–H groups in total. The van der Waals surface area contributed by atoms with Crippen LogP contribution in [0.25, 0.3) is 10.8 Å². The predicted octanol–water partition coefficient (Wildman–Crippen LogP) is 10.2. The lowest BCUT2D eigenvalue weighted by molar-refractivity contribution is 1.36. The summed E-state index contributed by atoms with van der Waals surface area (Å²) in [6.07, 6.45) is 0. The Hall–Kier alpha value is -0.240. The summed E-state index contributed by atoms with van der Waals surface area (Å²) in [7, 11) is 0. The lowest BCUT2D eigenvalue weighted by Crippen LogP contribution is -1.86. The van der Waals surface area contributed by atoms with E-state index in [0.29, 0.717) is 0 Å². The van der Waals surface area contributed by atoms with Crippen LogP contribution in [-0.2, 0) is 0 Å². The Kier molecular flexibility index (Phi) is 6.96. The van der Waals surface area contributed by atoms with E-state index in [9.17, 15) is 0 Å². The van der Waals surface area contributed by atoms with Crippen molar-refractivity contribution in [2.45, 2.75) is 19.6 Å². The van der Waals surface area contributed by atoms with Crippen molar-refractivity contribution in [3.63, 3.8) is 0 Å². The monoisotopic (exact) mass is 656 g/mol. The Labute approximate surface area is 206 Å². The molecule has 6 heteroatoms. The maximum Gasteiger partial charge on any atom is 0.0354 e. The van der Waals surface area contributed by atoms with Gasteiger partial charge in [0.25, 0.3) is 0 Å². The van der Waals surface area contributed by atoms with Gasteiger partial charge in [0, 0.05) is 42.9 Å². The molecule has 0 atom stereocenters. The summed E-state index contributed by atoms with van der Waals surface area (Å²) in [6.45, 7) is 0. The molecular weight excluding hydrogens is 648 g/mol. The molecule has 4 rings (SSSR count). The zero-order valence-corrected chi connectivity index (χ0v) is 22.2. The molecule has 0 unspecified atom stereocenters. The first kappa shape index (κ1) is 21.0. The van der Waals surface area contributed by atoms with Gasteiger partial charge in [-0.05, 0) is 88.0 Å². The number of halogens is 4. The van der Waals surface area contributed by atoms with E-state index in [-0.39, 0.29) is 0 Å². The molecule has 0 saturated heterocycles. The number of rotatable bonds is 4. The molecule has 0 aliphatic heterocycles. The van der Waals surface area contributed by atoms with E-state index >= 15 is 0 Å². The molecule has 0 aliphatic carbocycles. The van der Waals surface area contributed by atoms with Crippen molar-refractivity contribution in [3.8, 4) is 0 Å². The van der Waals surface area contributed by atoms with E-state index in [1.807, 2.05) is 0 Å². The highest BCUT2D eigenvalue weighted by molar-refractivity contribution is 9.11. The summed E-state index contributed by atoms with van der Waals surface area (Å²) < 4.78 is 4.38. The topological polar surface area (TPSA) is 0 Å². The SMILES string of the molecule is Brc1ccc(Sc2ccc(Br)c3ccc(Br)c(Sc4ccc(Br)cc4)c23)cc1. The average Bonchev–Trinajstić information content (AvgIpc) is 2.69. The molecule has 140 valence electrons. The van der Waals surface area contributed by atoms with Gasteiger partial charge in [-0.15, -0.1) is 0 Å². The molecule has 4 aromatic carbocycles. The predicted molar refractivity (Wildman–Crippen MR) is 136 cm³/mol. The van der Waals surface area contributed by atoms with Crippen molar-refractivity contribution in [1.82, 2.24) is 0 Å². The Balaban J connectivity index is 1.85. The lowest BCUT2D eigenvalue weighted by atomic mass is 10.1. The normalized spacial score (nSPS) is 11.1. The van der Waals surface area contributed by atoms with Crippen LogP contribution in [0.3, 0.4) is 0 Å². The van der Waals surface area contributed by atoms with E-state index in [1.54, 1.807) is 23.5 Å². The van der Waals surface area contributed by atoms with Crippen molar-refractivity contribution in [1.29, 1.82) is 0 Å². The standard InChI is InChI=1S/C22H12Br4S2/c23-13-1-5-15(6-2-13)27-20-12-11-18(25)17-9-10-19(26)22(21(17)20)28-16-7-3-14(24)4-8-16/h1-12H. The highest BCUT2D eigenvalue weighted by atomic mass is 79.9. The Morgan fingerprint density at radius 2 is 1.04 bits per heavy atom. The molecule has 0 nitrogen and oxygen atoms in total. The second-order valence-corrected chi connectivity index (χ2v) is 11.7. The second kappa shape index (κ2) is 9.27. The number of benzene rings is 4. The molecule has 0 spiro atoms. The van der Waals surface area contributed by atoms with Gasteiger partial charge in [0.15, 0.2) is 0 Å². The number of hydrogen-bond acceptors (Lipinski definition) is 2. The summed E-state index contributed by atoms with van der Waals surface area (Å²) in [5.41, 5.74) is 0. The van der Waals surface area contributed by atoms with Crippen molar-refractivity contribution in [2.75, 3.05) is 0 Å². The van der Waals surface area contributed by atoms with Crippen molar-refractivity contribution in [3.05, 3.63) is 90.7 Å². The Bertz CT molecular complexity index is 1140. The highest BCUT2D eigenvalue weighted by Gasteiger charge is 2.15. The summed E-state index contributed by atoms with van der Waals surface area (Å²) in [6, 6.07) is 25.5. The first-order valence-electron chi connectivity index (χ1n) is 8.29. The van der Waals surface area contributed by atoms with Gasteiger partial charge in [-0.1, -0.05) is 77.4 Å². The van der Waals surface area contributed by atoms with Crippen LogP contribution in [0.5, 0.6) is 0 Å². The third-order valence-electron chi connectivity index (χ3n) is 4.07. The van der Waals surface area contributed by atoms with Gasteiger partial charge >= 0.3 is 0 Å². The van der Waals surface area contributed by atoms with E-state index in [0.717, 1.165) is 17.9 Å². The summed E-state index contributed by atoms with van der Waals surface area (Å²) >= 11 is 18.1. The summed E-state index contributed by atoms with van der Waals surface area (Å²) in [5.74, 6) is 0. The Morgan fingerprint density at radius 3 is 1.64 bits per heavy atom. The van der Waals surface area contributed by atoms with Crippen LogP contribution >= 0.6 is 87.2 Å². The molecule has 0 amide bonds. The summed E-state index contributed by atoms with van der Waals surface area (Å²) in [5, 5.41) is 2.47. The fourth-order valence-corrected chi connectivity index (χ4v) is 6.36. The zero-order valence-electron chi connectivity index (χ0n) is 14.3. The molecule has 0 heterocycles. The fourth-order valence-electron chi connectivity index (χ4n) is 2.76. The number of hydrogen-bond donors (Lipinski definition) is 0. The third-order valence-corrected chi connectivity index (χ3v) is 8.95. The van der Waals surface area contributed by atoms with E-state index in [4.69, 9.17) is 0 Å². The average molecular weight is 660 g/mol. The molecule has 0 aromatic heterocycles. The molecule has 0 saturated carbocycles. The fraction of sp³-hybridized carbons (Fsp3) is 0. The van der Waals surface area contributed by atoms with Crippen LogP contribution in [0.2, 0.25) is 0 Å². The number of fused-ring (bicyclic) bond motifs is 1. The summed E-state index contributed by atoms with van der Waals surface area (Å²) in [4.78, 5) is 4.88. The molecule has 4 aromatic rings. The zero-order chi connectivity index (χ0) is 19.7. The van der Waals surface area contributed by atoms with Crippen LogP contribution in [0, 0.1) is 0 Å². The van der Waals surface area contributed by atoms with Crippen LogP contribution in [0.1, 0.15) is 0 Å². The molecule has 0 aliphatic rings.